The van der Waals surface area contributed by atoms with E-state index in [-0.39, 0.29) is 19.1 Å². The number of rotatable bonds is 6. The van der Waals surface area contributed by atoms with Gasteiger partial charge in [0.05, 0.1) is 0 Å². The molecule has 4 aromatic rings. The van der Waals surface area contributed by atoms with E-state index in [4.69, 9.17) is 18.6 Å². The molecule has 0 bridgehead atoms. The van der Waals surface area contributed by atoms with Crippen LogP contribution in [0.2, 0.25) is 0 Å². The Balaban J connectivity index is 1.19. The molecule has 1 amide bonds. The molecular weight excluding hydrogens is 410 g/mol. The normalized spacial score (nSPS) is 14.6. The Labute approximate surface area is 183 Å². The van der Waals surface area contributed by atoms with Gasteiger partial charge in [-0.3, -0.25) is 4.79 Å². The van der Waals surface area contributed by atoms with Crippen LogP contribution in [0.4, 0.5) is 5.69 Å². The third-order valence-corrected chi connectivity index (χ3v) is 4.75. The molecule has 2 heterocycles. The number of anilines is 1. The van der Waals surface area contributed by atoms with Gasteiger partial charge in [-0.15, -0.1) is 10.2 Å². The molecule has 0 unspecified atom stereocenters. The van der Waals surface area contributed by atoms with Gasteiger partial charge in [-0.2, -0.15) is 0 Å². The molecule has 0 saturated heterocycles. The average Bonchev–Trinajstić information content (AvgIpc) is 3.32. The smallest absolute Gasteiger partial charge is 0.269 e. The second-order valence-corrected chi connectivity index (χ2v) is 7.04. The standard InChI is InChI=1S/C24H19N3O5/c28-23(21-14-30-19-11-4-5-12-20(19)31-21)25-17-9-6-10-18(13-17)29-15-22-26-27-24(32-22)16-7-2-1-3-8-16/h1-13,21H,14-15H2,(H,25,28)/t21-/m1/s1. The molecule has 1 N–H and O–H groups in total. The zero-order valence-electron chi connectivity index (χ0n) is 16.9. The van der Waals surface area contributed by atoms with Gasteiger partial charge in [0.2, 0.25) is 12.0 Å². The molecule has 8 nitrogen and oxygen atoms in total. The van der Waals surface area contributed by atoms with Crippen molar-refractivity contribution in [3.63, 3.8) is 0 Å². The fraction of sp³-hybridized carbons (Fsp3) is 0.125. The first-order valence-electron chi connectivity index (χ1n) is 10.0. The van der Waals surface area contributed by atoms with Crippen molar-refractivity contribution in [1.82, 2.24) is 10.2 Å². The molecule has 0 saturated carbocycles. The zero-order chi connectivity index (χ0) is 21.8. The lowest BCUT2D eigenvalue weighted by atomic mass is 10.2. The molecule has 0 aliphatic carbocycles. The van der Waals surface area contributed by atoms with E-state index in [1.807, 2.05) is 42.5 Å². The summed E-state index contributed by atoms with van der Waals surface area (Å²) in [7, 11) is 0. The van der Waals surface area contributed by atoms with Gasteiger partial charge in [0.15, 0.2) is 18.1 Å². The number of carbonyl (C=O) groups is 1. The Morgan fingerprint density at radius 3 is 2.66 bits per heavy atom. The van der Waals surface area contributed by atoms with Crippen LogP contribution in [-0.2, 0) is 11.4 Å². The Bertz CT molecular complexity index is 1230. The summed E-state index contributed by atoms with van der Waals surface area (Å²) in [6.07, 6.45) is -0.746. The molecule has 0 fully saturated rings. The van der Waals surface area contributed by atoms with Gasteiger partial charge in [0, 0.05) is 17.3 Å². The second kappa shape index (κ2) is 8.81. The number of para-hydroxylation sites is 2. The topological polar surface area (TPSA) is 95.7 Å². The maximum absolute atomic E-state index is 12.6. The molecule has 8 heteroatoms. The van der Waals surface area contributed by atoms with E-state index in [0.717, 1.165) is 5.56 Å². The zero-order valence-corrected chi connectivity index (χ0v) is 16.9. The SMILES string of the molecule is O=C(Nc1cccc(OCc2nnc(-c3ccccc3)o2)c1)[C@H]1COc2ccccc2O1. The maximum Gasteiger partial charge on any atom is 0.269 e. The molecular formula is C24H19N3O5. The van der Waals surface area contributed by atoms with Crippen molar-refractivity contribution in [1.29, 1.82) is 0 Å². The van der Waals surface area contributed by atoms with Crippen molar-refractivity contribution in [2.24, 2.45) is 0 Å². The van der Waals surface area contributed by atoms with Crippen LogP contribution in [0.1, 0.15) is 5.89 Å². The summed E-state index contributed by atoms with van der Waals surface area (Å²) in [6.45, 7) is 0.244. The molecule has 32 heavy (non-hydrogen) atoms. The van der Waals surface area contributed by atoms with Crippen molar-refractivity contribution in [3.8, 4) is 28.7 Å². The highest BCUT2D eigenvalue weighted by Crippen LogP contribution is 2.31. The quantitative estimate of drug-likeness (QED) is 0.493. The molecule has 0 spiro atoms. The Morgan fingerprint density at radius 2 is 1.78 bits per heavy atom. The predicted octanol–water partition coefficient (Wildman–Crippen LogP) is 4.09. The number of aromatic nitrogens is 2. The van der Waals surface area contributed by atoms with Crippen molar-refractivity contribution < 1.29 is 23.4 Å². The summed E-state index contributed by atoms with van der Waals surface area (Å²) in [6, 6.07) is 23.8. The van der Waals surface area contributed by atoms with E-state index in [9.17, 15) is 4.79 Å². The van der Waals surface area contributed by atoms with Crippen LogP contribution >= 0.6 is 0 Å². The van der Waals surface area contributed by atoms with Crippen LogP contribution in [0.25, 0.3) is 11.5 Å². The Kier molecular flexibility index (Phi) is 5.40. The molecule has 1 aromatic heterocycles. The fourth-order valence-electron chi connectivity index (χ4n) is 3.19. The first-order chi connectivity index (χ1) is 15.7. The van der Waals surface area contributed by atoms with E-state index < -0.39 is 6.10 Å². The van der Waals surface area contributed by atoms with E-state index in [1.54, 1.807) is 36.4 Å². The second-order valence-electron chi connectivity index (χ2n) is 7.04. The lowest BCUT2D eigenvalue weighted by Crippen LogP contribution is -2.40. The van der Waals surface area contributed by atoms with Gasteiger partial charge in [-0.05, 0) is 36.4 Å². The highest BCUT2D eigenvalue weighted by molar-refractivity contribution is 5.94. The number of nitrogens with one attached hydrogen (secondary N) is 1. The number of hydrogen-bond acceptors (Lipinski definition) is 7. The van der Waals surface area contributed by atoms with Gasteiger partial charge < -0.3 is 23.9 Å². The number of benzene rings is 3. The van der Waals surface area contributed by atoms with Gasteiger partial charge in [0.25, 0.3) is 11.8 Å². The lowest BCUT2D eigenvalue weighted by molar-refractivity contribution is -0.125. The molecule has 3 aromatic carbocycles. The molecule has 160 valence electrons. The first kappa shape index (κ1) is 19.6. The minimum atomic E-state index is -0.746. The highest BCUT2D eigenvalue weighted by atomic mass is 16.6. The number of ether oxygens (including phenoxy) is 3. The van der Waals surface area contributed by atoms with E-state index >= 15 is 0 Å². The van der Waals surface area contributed by atoms with Gasteiger partial charge in [0.1, 0.15) is 12.4 Å². The summed E-state index contributed by atoms with van der Waals surface area (Å²) in [4.78, 5) is 12.6. The van der Waals surface area contributed by atoms with E-state index in [0.29, 0.717) is 34.7 Å². The van der Waals surface area contributed by atoms with Crippen LogP contribution in [0.5, 0.6) is 17.2 Å². The molecule has 1 aliphatic heterocycles. The molecule has 1 atom stereocenters. The monoisotopic (exact) mass is 429 g/mol. The van der Waals surface area contributed by atoms with Crippen molar-refractivity contribution in [2.45, 2.75) is 12.7 Å². The number of hydrogen-bond donors (Lipinski definition) is 1. The van der Waals surface area contributed by atoms with Crippen LogP contribution in [-0.4, -0.2) is 28.8 Å². The number of carbonyl (C=O) groups excluding carboxylic acids is 1. The van der Waals surface area contributed by atoms with Crippen molar-refractivity contribution >= 4 is 11.6 Å². The third-order valence-electron chi connectivity index (χ3n) is 4.75. The molecule has 5 rings (SSSR count). The summed E-state index contributed by atoms with van der Waals surface area (Å²) >= 11 is 0. The van der Waals surface area contributed by atoms with Crippen LogP contribution in [0.3, 0.4) is 0 Å². The maximum atomic E-state index is 12.6. The lowest BCUT2D eigenvalue weighted by Gasteiger charge is -2.25. The molecule has 0 radical (unpaired) electrons. The van der Waals surface area contributed by atoms with Crippen LogP contribution in [0, 0.1) is 0 Å². The Hall–Kier alpha value is -4.33. The molecule has 1 aliphatic rings. The highest BCUT2D eigenvalue weighted by Gasteiger charge is 2.27. The summed E-state index contributed by atoms with van der Waals surface area (Å²) in [5.74, 6) is 2.20. The summed E-state index contributed by atoms with van der Waals surface area (Å²) in [5, 5.41) is 10.9. The summed E-state index contributed by atoms with van der Waals surface area (Å²) in [5.41, 5.74) is 1.41. The largest absolute Gasteiger partial charge is 0.485 e. The van der Waals surface area contributed by atoms with Crippen LogP contribution in [0.15, 0.2) is 83.3 Å². The van der Waals surface area contributed by atoms with Crippen molar-refractivity contribution in [2.75, 3.05) is 11.9 Å². The van der Waals surface area contributed by atoms with Crippen molar-refractivity contribution in [3.05, 3.63) is 84.8 Å². The van der Waals surface area contributed by atoms with E-state index in [1.165, 1.54) is 0 Å². The minimum Gasteiger partial charge on any atom is -0.485 e. The number of fused-ring (bicyclic) bond motifs is 1. The minimum absolute atomic E-state index is 0.105. The van der Waals surface area contributed by atoms with E-state index in [2.05, 4.69) is 15.5 Å². The van der Waals surface area contributed by atoms with Crippen LogP contribution < -0.4 is 19.5 Å². The third kappa shape index (κ3) is 4.39. The van der Waals surface area contributed by atoms with Gasteiger partial charge in [-0.1, -0.05) is 36.4 Å². The number of nitrogens with zero attached hydrogens (tertiary/aromatic N) is 2. The van der Waals surface area contributed by atoms with Gasteiger partial charge in [-0.25, -0.2) is 0 Å². The summed E-state index contributed by atoms with van der Waals surface area (Å²) < 4.78 is 22.7. The average molecular weight is 429 g/mol. The number of amides is 1. The van der Waals surface area contributed by atoms with Gasteiger partial charge >= 0.3 is 0 Å². The first-order valence-corrected chi connectivity index (χ1v) is 10.0. The Morgan fingerprint density at radius 1 is 0.969 bits per heavy atom. The predicted molar refractivity (Wildman–Crippen MR) is 115 cm³/mol. The fourth-order valence-corrected chi connectivity index (χ4v) is 3.19.